The van der Waals surface area contributed by atoms with Gasteiger partial charge in [-0.25, -0.2) is 0 Å². The summed E-state index contributed by atoms with van der Waals surface area (Å²) in [6, 6.07) is 16.3. The third-order valence-corrected chi connectivity index (χ3v) is 6.73. The van der Waals surface area contributed by atoms with Gasteiger partial charge in [-0.1, -0.05) is 38.1 Å². The number of amides is 1. The van der Waals surface area contributed by atoms with Crippen LogP contribution in [0.25, 0.3) is 22.2 Å². The van der Waals surface area contributed by atoms with Crippen molar-refractivity contribution in [3.8, 4) is 11.3 Å². The van der Waals surface area contributed by atoms with Gasteiger partial charge in [-0.2, -0.15) is 13.2 Å². The Morgan fingerprint density at radius 1 is 1.03 bits per heavy atom. The second-order valence-electron chi connectivity index (χ2n) is 9.65. The Bertz CT molecular complexity index is 1430. The van der Waals surface area contributed by atoms with E-state index in [0.717, 1.165) is 29.5 Å². The number of halogens is 3. The number of benzene rings is 2. The first kappa shape index (κ1) is 23.0. The number of rotatable bonds is 5. The van der Waals surface area contributed by atoms with Crippen LogP contribution in [0.4, 0.5) is 13.2 Å². The number of aromatic nitrogens is 2. The van der Waals surface area contributed by atoms with Gasteiger partial charge in [0.25, 0.3) is 5.91 Å². The number of pyridine rings is 2. The summed E-state index contributed by atoms with van der Waals surface area (Å²) in [6.45, 7) is 4.34. The van der Waals surface area contributed by atoms with E-state index in [4.69, 9.17) is 0 Å². The van der Waals surface area contributed by atoms with E-state index >= 15 is 0 Å². The molecule has 0 bridgehead atoms. The maximum absolute atomic E-state index is 13.6. The Morgan fingerprint density at radius 2 is 1.77 bits per heavy atom. The molecule has 4 aromatic rings. The molecule has 1 N–H and O–H groups in total. The third kappa shape index (κ3) is 4.63. The van der Waals surface area contributed by atoms with Gasteiger partial charge >= 0.3 is 6.18 Å². The third-order valence-electron chi connectivity index (χ3n) is 6.73. The van der Waals surface area contributed by atoms with Crippen LogP contribution >= 0.6 is 0 Å². The van der Waals surface area contributed by atoms with Crippen molar-refractivity contribution < 1.29 is 18.0 Å². The van der Waals surface area contributed by atoms with Crippen LogP contribution in [0.3, 0.4) is 0 Å². The predicted molar refractivity (Wildman–Crippen MR) is 129 cm³/mol. The molecule has 35 heavy (non-hydrogen) atoms. The van der Waals surface area contributed by atoms with Crippen LogP contribution in [-0.2, 0) is 12.7 Å². The van der Waals surface area contributed by atoms with Crippen molar-refractivity contribution in [2.75, 3.05) is 0 Å². The molecule has 2 aromatic heterocycles. The smallest absolute Gasteiger partial charge is 0.348 e. The van der Waals surface area contributed by atoms with Crippen molar-refractivity contribution in [3.63, 3.8) is 0 Å². The molecule has 1 saturated carbocycles. The van der Waals surface area contributed by atoms with E-state index in [1.807, 2.05) is 30.3 Å². The lowest BCUT2D eigenvalue weighted by atomic mass is 9.93. The number of hydrogen-bond acceptors (Lipinski definition) is 3. The molecule has 1 aliphatic carbocycles. The molecule has 2 heterocycles. The molecule has 178 valence electrons. The molecule has 0 spiro atoms. The van der Waals surface area contributed by atoms with E-state index in [1.54, 1.807) is 24.5 Å². The summed E-state index contributed by atoms with van der Waals surface area (Å²) >= 11 is 0. The molecule has 1 aliphatic rings. The summed E-state index contributed by atoms with van der Waals surface area (Å²) in [4.78, 5) is 21.6. The maximum atomic E-state index is 13.6. The summed E-state index contributed by atoms with van der Waals surface area (Å²) in [6.07, 6.45) is -0.280. The maximum Gasteiger partial charge on any atom is 0.416 e. The Morgan fingerprint density at radius 3 is 2.51 bits per heavy atom. The quantitative estimate of drug-likeness (QED) is 0.347. The van der Waals surface area contributed by atoms with Crippen molar-refractivity contribution >= 4 is 16.8 Å². The molecule has 2 aromatic carbocycles. The summed E-state index contributed by atoms with van der Waals surface area (Å²) in [7, 11) is 0. The average molecular weight is 476 g/mol. The number of carbonyl (C=O) groups excluding carboxylic acids is 1. The van der Waals surface area contributed by atoms with Gasteiger partial charge in [0.15, 0.2) is 0 Å². The highest BCUT2D eigenvalue weighted by Gasteiger charge is 2.47. The molecule has 0 radical (unpaired) electrons. The molecular weight excluding hydrogens is 451 g/mol. The molecule has 0 aliphatic heterocycles. The molecule has 7 heteroatoms. The fraction of sp³-hybridized carbons (Fsp3) is 0.250. The van der Waals surface area contributed by atoms with Crippen molar-refractivity contribution in [1.29, 1.82) is 0 Å². The number of nitrogens with zero attached hydrogens (tertiary/aromatic N) is 2. The lowest BCUT2D eigenvalue weighted by Gasteiger charge is -2.17. The SMILES string of the molecule is CC1(C)C[C@H]1c1cccnc1-c1cc(C(F)(F)F)ccc1CNC(=O)c1ccc2cccnc2c1. The van der Waals surface area contributed by atoms with Gasteiger partial charge in [-0.05, 0) is 65.3 Å². The lowest BCUT2D eigenvalue weighted by molar-refractivity contribution is -0.137. The monoisotopic (exact) mass is 475 g/mol. The van der Waals surface area contributed by atoms with E-state index in [9.17, 15) is 18.0 Å². The van der Waals surface area contributed by atoms with Gasteiger partial charge in [0.05, 0.1) is 16.8 Å². The molecule has 1 fully saturated rings. The number of hydrogen-bond donors (Lipinski definition) is 1. The minimum absolute atomic E-state index is 0.0661. The highest BCUT2D eigenvalue weighted by Crippen LogP contribution is 2.60. The summed E-state index contributed by atoms with van der Waals surface area (Å²) < 4.78 is 40.7. The number of alkyl halides is 3. The van der Waals surface area contributed by atoms with Crippen molar-refractivity contribution in [2.45, 2.75) is 38.9 Å². The van der Waals surface area contributed by atoms with Crippen molar-refractivity contribution in [2.24, 2.45) is 5.41 Å². The zero-order chi connectivity index (χ0) is 24.8. The molecule has 4 nitrogen and oxygen atoms in total. The highest BCUT2D eigenvalue weighted by molar-refractivity contribution is 5.97. The number of fused-ring (bicyclic) bond motifs is 1. The summed E-state index contributed by atoms with van der Waals surface area (Å²) in [5, 5.41) is 3.77. The fourth-order valence-electron chi connectivity index (χ4n) is 4.53. The standard InChI is InChI=1S/C28H24F3N3O/c1-27(2)15-23(27)21-6-4-12-33-25(21)22-14-20(28(29,30)31)10-9-19(22)16-34-26(35)18-8-7-17-5-3-11-32-24(17)13-18/h3-14,23H,15-16H2,1-2H3,(H,34,35)/t23-/m0/s1. The Hall–Kier alpha value is -3.74. The largest absolute Gasteiger partial charge is 0.416 e. The predicted octanol–water partition coefficient (Wildman–Crippen LogP) is 6.76. The average Bonchev–Trinajstić information content (AvgIpc) is 3.49. The van der Waals surface area contributed by atoms with Crippen LogP contribution in [0.5, 0.6) is 0 Å². The Labute approximate surface area is 201 Å². The second-order valence-corrected chi connectivity index (χ2v) is 9.65. The molecule has 1 amide bonds. The van der Waals surface area contributed by atoms with Gasteiger partial charge in [0, 0.05) is 35.5 Å². The first-order valence-electron chi connectivity index (χ1n) is 11.4. The summed E-state index contributed by atoms with van der Waals surface area (Å²) in [5.41, 5.74) is 2.90. The zero-order valence-electron chi connectivity index (χ0n) is 19.4. The summed E-state index contributed by atoms with van der Waals surface area (Å²) in [5.74, 6) is -0.0961. The molecule has 1 atom stereocenters. The van der Waals surface area contributed by atoms with Crippen LogP contribution in [0.2, 0.25) is 0 Å². The van der Waals surface area contributed by atoms with E-state index in [0.29, 0.717) is 27.9 Å². The highest BCUT2D eigenvalue weighted by atomic mass is 19.4. The zero-order valence-corrected chi connectivity index (χ0v) is 19.4. The van der Waals surface area contributed by atoms with E-state index < -0.39 is 11.7 Å². The van der Waals surface area contributed by atoms with Crippen molar-refractivity contribution in [3.05, 3.63) is 95.3 Å². The number of carbonyl (C=O) groups is 1. The van der Waals surface area contributed by atoms with Crippen LogP contribution in [0.15, 0.2) is 73.1 Å². The van der Waals surface area contributed by atoms with Crippen LogP contribution < -0.4 is 5.32 Å². The Kier molecular flexibility index (Phi) is 5.58. The topological polar surface area (TPSA) is 54.9 Å². The van der Waals surface area contributed by atoms with Crippen LogP contribution in [0.1, 0.15) is 53.2 Å². The fourth-order valence-corrected chi connectivity index (χ4v) is 4.53. The lowest BCUT2D eigenvalue weighted by Crippen LogP contribution is -2.23. The molecule has 0 unspecified atom stereocenters. The molecule has 5 rings (SSSR count). The Balaban J connectivity index is 1.48. The molecule has 0 saturated heterocycles. The van der Waals surface area contributed by atoms with Crippen LogP contribution in [0, 0.1) is 5.41 Å². The van der Waals surface area contributed by atoms with Crippen LogP contribution in [-0.4, -0.2) is 15.9 Å². The molecular formula is C28H24F3N3O. The minimum atomic E-state index is -4.48. The second kappa shape index (κ2) is 8.48. The number of nitrogens with one attached hydrogen (secondary N) is 1. The van der Waals surface area contributed by atoms with Gasteiger partial charge in [-0.3, -0.25) is 14.8 Å². The first-order chi connectivity index (χ1) is 16.6. The van der Waals surface area contributed by atoms with Gasteiger partial charge < -0.3 is 5.32 Å². The van der Waals surface area contributed by atoms with E-state index in [-0.39, 0.29) is 23.8 Å². The van der Waals surface area contributed by atoms with Gasteiger partial charge in [0.1, 0.15) is 0 Å². The van der Waals surface area contributed by atoms with E-state index in [2.05, 4.69) is 29.1 Å². The van der Waals surface area contributed by atoms with Gasteiger partial charge in [0.2, 0.25) is 0 Å². The minimum Gasteiger partial charge on any atom is -0.348 e. The van der Waals surface area contributed by atoms with Gasteiger partial charge in [-0.15, -0.1) is 0 Å². The van der Waals surface area contributed by atoms with E-state index in [1.165, 1.54) is 6.07 Å². The van der Waals surface area contributed by atoms with Crippen molar-refractivity contribution in [1.82, 2.24) is 15.3 Å². The first-order valence-corrected chi connectivity index (χ1v) is 11.4. The normalized spacial score (nSPS) is 16.8.